The molecule has 0 saturated carbocycles. The Bertz CT molecular complexity index is 833. The minimum atomic E-state index is -4.87. The van der Waals surface area contributed by atoms with E-state index in [4.69, 9.17) is 0 Å². The quantitative estimate of drug-likeness (QED) is 0.349. The van der Waals surface area contributed by atoms with Gasteiger partial charge in [0.25, 0.3) is 0 Å². The average Bonchev–Trinajstić information content (AvgIpc) is 2.66. The molecule has 0 aliphatic heterocycles. The number of benzene rings is 2. The number of rotatable bonds is 9. The number of aliphatic hydroxyl groups excluding tert-OH is 1. The lowest BCUT2D eigenvalue weighted by molar-refractivity contribution is -0.253. The maximum Gasteiger partial charge on any atom is 0.461 e. The highest BCUT2D eigenvalue weighted by Crippen LogP contribution is 2.29. The smallest absolute Gasteiger partial charge is 0.428 e. The molecule has 3 nitrogen and oxygen atoms in total. The molecule has 0 aromatic heterocycles. The fourth-order valence-corrected chi connectivity index (χ4v) is 2.89. The van der Waals surface area contributed by atoms with Crippen molar-refractivity contribution in [2.45, 2.75) is 36.7 Å². The molecule has 0 bridgehead atoms. The number of aliphatic hydroxyl groups is 1. The lowest BCUT2D eigenvalue weighted by Gasteiger charge is -2.29. The average molecular weight is 504 g/mol. The molecular formula is C19H17BrF7NO2. The number of nitrogens with zero attached hydrogens (tertiary/aromatic N) is 1. The monoisotopic (exact) mass is 503 g/mol. The molecule has 0 aliphatic carbocycles. The van der Waals surface area contributed by atoms with Crippen LogP contribution in [0.2, 0.25) is 0 Å². The van der Waals surface area contributed by atoms with E-state index in [1.807, 2.05) is 0 Å². The van der Waals surface area contributed by atoms with Crippen LogP contribution in [-0.4, -0.2) is 36.5 Å². The van der Waals surface area contributed by atoms with Gasteiger partial charge in [-0.25, -0.2) is 0 Å². The Hall–Kier alpha value is -2.01. The summed E-state index contributed by atoms with van der Waals surface area (Å²) in [5.74, 6) is -0.566. The SMILES string of the molecule is OC(CN(Cc1cccc(OC(F)(F)C(F)F)c1)c1cccc(CBr)c1)C(F)(F)F. The maximum atomic E-state index is 13.1. The zero-order valence-electron chi connectivity index (χ0n) is 15.2. The van der Waals surface area contributed by atoms with Crippen molar-refractivity contribution in [3.8, 4) is 5.75 Å². The van der Waals surface area contributed by atoms with Crippen molar-refractivity contribution >= 4 is 21.6 Å². The normalized spacial score (nSPS) is 13.4. The van der Waals surface area contributed by atoms with Gasteiger partial charge in [-0.3, -0.25) is 0 Å². The van der Waals surface area contributed by atoms with E-state index >= 15 is 0 Å². The molecule has 0 saturated heterocycles. The molecular weight excluding hydrogens is 487 g/mol. The molecule has 0 heterocycles. The van der Waals surface area contributed by atoms with E-state index in [0.29, 0.717) is 11.0 Å². The fraction of sp³-hybridized carbons (Fsp3) is 0.368. The number of ether oxygens (including phenoxy) is 1. The van der Waals surface area contributed by atoms with Gasteiger partial charge in [-0.15, -0.1) is 0 Å². The van der Waals surface area contributed by atoms with Crippen molar-refractivity contribution in [3.63, 3.8) is 0 Å². The Morgan fingerprint density at radius 1 is 0.967 bits per heavy atom. The van der Waals surface area contributed by atoms with Crippen molar-refractivity contribution < 1.29 is 40.6 Å². The standard InChI is InChI=1S/C19H17BrF7NO2/c20-9-12-3-1-5-14(7-12)28(11-16(29)18(23,24)25)10-13-4-2-6-15(8-13)30-19(26,27)17(21)22/h1-8,16-17,29H,9-11H2. The summed E-state index contributed by atoms with van der Waals surface area (Å²) in [6, 6.07) is 11.2. The Balaban J connectivity index is 2.30. The Labute approximate surface area is 176 Å². The summed E-state index contributed by atoms with van der Waals surface area (Å²) in [4.78, 5) is 1.20. The van der Waals surface area contributed by atoms with Crippen molar-refractivity contribution in [2.24, 2.45) is 0 Å². The molecule has 2 aromatic carbocycles. The summed E-state index contributed by atoms with van der Waals surface area (Å²) in [6.07, 6.45) is -16.3. The summed E-state index contributed by atoms with van der Waals surface area (Å²) >= 11 is 3.24. The number of alkyl halides is 8. The second-order valence-electron chi connectivity index (χ2n) is 6.35. The van der Waals surface area contributed by atoms with E-state index in [-0.39, 0.29) is 12.1 Å². The first-order chi connectivity index (χ1) is 13.9. The second kappa shape index (κ2) is 9.86. The van der Waals surface area contributed by atoms with E-state index in [1.165, 1.54) is 23.1 Å². The van der Waals surface area contributed by atoms with Gasteiger partial charge >= 0.3 is 18.7 Å². The summed E-state index contributed by atoms with van der Waals surface area (Å²) in [6.45, 7) is -1.05. The highest BCUT2D eigenvalue weighted by atomic mass is 79.9. The first-order valence-corrected chi connectivity index (χ1v) is 9.63. The predicted octanol–water partition coefficient (Wildman–Crippen LogP) is 5.75. The Morgan fingerprint density at radius 3 is 2.20 bits per heavy atom. The van der Waals surface area contributed by atoms with Crippen LogP contribution in [0.5, 0.6) is 5.75 Å². The molecule has 0 fully saturated rings. The molecule has 0 aliphatic rings. The van der Waals surface area contributed by atoms with Gasteiger partial charge < -0.3 is 14.7 Å². The van der Waals surface area contributed by atoms with Crippen molar-refractivity contribution in [3.05, 3.63) is 59.7 Å². The Kier molecular flexibility index (Phi) is 7.98. The number of hydrogen-bond acceptors (Lipinski definition) is 3. The van der Waals surface area contributed by atoms with E-state index in [0.717, 1.165) is 17.7 Å². The molecule has 1 N–H and O–H groups in total. The second-order valence-corrected chi connectivity index (χ2v) is 6.91. The lowest BCUT2D eigenvalue weighted by atomic mass is 10.1. The molecule has 0 radical (unpaired) electrons. The Morgan fingerprint density at radius 2 is 1.60 bits per heavy atom. The molecule has 30 heavy (non-hydrogen) atoms. The first kappa shape index (κ1) is 24.3. The third-order valence-electron chi connectivity index (χ3n) is 3.98. The molecule has 0 spiro atoms. The van der Waals surface area contributed by atoms with Crippen molar-refractivity contribution in [1.29, 1.82) is 0 Å². The number of halogens is 8. The van der Waals surface area contributed by atoms with Crippen LogP contribution in [0.1, 0.15) is 11.1 Å². The van der Waals surface area contributed by atoms with Gasteiger partial charge in [0.1, 0.15) is 5.75 Å². The highest BCUT2D eigenvalue weighted by Gasteiger charge is 2.44. The van der Waals surface area contributed by atoms with Crippen LogP contribution in [0.25, 0.3) is 0 Å². The number of hydrogen-bond donors (Lipinski definition) is 1. The summed E-state index contributed by atoms with van der Waals surface area (Å²) in [7, 11) is 0. The van der Waals surface area contributed by atoms with Gasteiger partial charge in [0.05, 0.1) is 6.54 Å². The van der Waals surface area contributed by atoms with Gasteiger partial charge in [0.15, 0.2) is 6.10 Å². The molecule has 1 unspecified atom stereocenters. The summed E-state index contributed by atoms with van der Waals surface area (Å²) < 4.78 is 93.6. The zero-order valence-corrected chi connectivity index (χ0v) is 16.8. The van der Waals surface area contributed by atoms with Gasteiger partial charge in [-0.05, 0) is 35.4 Å². The molecule has 0 amide bonds. The van der Waals surface area contributed by atoms with Crippen LogP contribution in [0.3, 0.4) is 0 Å². The number of anilines is 1. The van der Waals surface area contributed by atoms with Gasteiger partial charge in [-0.2, -0.15) is 30.7 Å². The predicted molar refractivity (Wildman–Crippen MR) is 100 cm³/mol. The van der Waals surface area contributed by atoms with E-state index in [2.05, 4.69) is 20.7 Å². The molecule has 166 valence electrons. The summed E-state index contributed by atoms with van der Waals surface area (Å²) in [5, 5.41) is 9.94. The zero-order chi connectivity index (χ0) is 22.5. The molecule has 2 aromatic rings. The van der Waals surface area contributed by atoms with E-state index < -0.39 is 37.1 Å². The van der Waals surface area contributed by atoms with Crippen molar-refractivity contribution in [1.82, 2.24) is 0 Å². The van der Waals surface area contributed by atoms with Crippen LogP contribution in [0, 0.1) is 0 Å². The molecule has 11 heteroatoms. The lowest BCUT2D eigenvalue weighted by Crippen LogP contribution is -2.41. The van der Waals surface area contributed by atoms with Crippen LogP contribution in [-0.2, 0) is 11.9 Å². The maximum absolute atomic E-state index is 13.1. The molecule has 2 rings (SSSR count). The summed E-state index contributed by atoms with van der Waals surface area (Å²) in [5.41, 5.74) is 1.32. The van der Waals surface area contributed by atoms with Crippen LogP contribution in [0.15, 0.2) is 48.5 Å². The van der Waals surface area contributed by atoms with Crippen molar-refractivity contribution in [2.75, 3.05) is 11.4 Å². The van der Waals surface area contributed by atoms with E-state index in [1.54, 1.807) is 18.2 Å². The first-order valence-electron chi connectivity index (χ1n) is 8.51. The van der Waals surface area contributed by atoms with Gasteiger partial charge in [0.2, 0.25) is 0 Å². The largest absolute Gasteiger partial charge is 0.461 e. The third-order valence-corrected chi connectivity index (χ3v) is 4.63. The van der Waals surface area contributed by atoms with E-state index in [9.17, 15) is 35.8 Å². The molecule has 1 atom stereocenters. The minimum Gasteiger partial charge on any atom is -0.428 e. The third kappa shape index (κ3) is 6.76. The fourth-order valence-electron chi connectivity index (χ4n) is 2.54. The van der Waals surface area contributed by atoms with Gasteiger partial charge in [0, 0.05) is 17.6 Å². The topological polar surface area (TPSA) is 32.7 Å². The van der Waals surface area contributed by atoms with Crippen LogP contribution < -0.4 is 9.64 Å². The van der Waals surface area contributed by atoms with Crippen LogP contribution >= 0.6 is 15.9 Å². The highest BCUT2D eigenvalue weighted by molar-refractivity contribution is 9.08. The van der Waals surface area contributed by atoms with Crippen LogP contribution in [0.4, 0.5) is 36.4 Å². The minimum absolute atomic E-state index is 0.219. The van der Waals surface area contributed by atoms with Gasteiger partial charge in [-0.1, -0.05) is 40.2 Å².